The van der Waals surface area contributed by atoms with Crippen molar-refractivity contribution in [1.82, 2.24) is 5.32 Å². The van der Waals surface area contributed by atoms with Gasteiger partial charge in [-0.05, 0) is 32.2 Å². The van der Waals surface area contributed by atoms with Crippen molar-refractivity contribution in [3.05, 3.63) is 0 Å². The molecule has 0 rings (SSSR count). The van der Waals surface area contributed by atoms with Crippen LogP contribution in [0.3, 0.4) is 0 Å². The highest BCUT2D eigenvalue weighted by Crippen LogP contribution is 1.97. The molecule has 0 heterocycles. The van der Waals surface area contributed by atoms with Crippen molar-refractivity contribution in [3.63, 3.8) is 0 Å². The van der Waals surface area contributed by atoms with Crippen molar-refractivity contribution in [3.8, 4) is 0 Å². The smallest absolute Gasteiger partial charge is 0.237 e. The number of carbonyl (C=O) groups excluding carboxylic acids is 2. The third-order valence-electron chi connectivity index (χ3n) is 1.82. The van der Waals surface area contributed by atoms with Crippen molar-refractivity contribution in [2.75, 3.05) is 13.1 Å². The van der Waals surface area contributed by atoms with Gasteiger partial charge < -0.3 is 16.8 Å². The first-order valence-electron chi connectivity index (χ1n) is 6.54. The Bertz CT molecular complexity index is 228. The number of hydrogen-bond donors (Lipinski definition) is 3. The predicted octanol–water partition coefficient (Wildman–Crippen LogP) is 0.810. The van der Waals surface area contributed by atoms with E-state index in [2.05, 4.69) is 26.1 Å². The Morgan fingerprint density at radius 1 is 1.17 bits per heavy atom. The Morgan fingerprint density at radius 2 is 1.67 bits per heavy atom. The van der Waals surface area contributed by atoms with Crippen LogP contribution in [-0.2, 0) is 9.59 Å². The van der Waals surface area contributed by atoms with Crippen molar-refractivity contribution in [1.29, 1.82) is 0 Å². The lowest BCUT2D eigenvalue weighted by Crippen LogP contribution is -2.42. The zero-order chi connectivity index (χ0) is 14.6. The van der Waals surface area contributed by atoms with E-state index in [0.29, 0.717) is 13.0 Å². The lowest BCUT2D eigenvalue weighted by Gasteiger charge is -2.10. The fraction of sp³-hybridized carbons (Fsp3) is 0.846. The fourth-order valence-corrected chi connectivity index (χ4v) is 0.982. The standard InChI is InChI=1S/C9H19N3O2.C4H10/c1-7(13)6-12-9(14)8(11)4-2-3-5-10;1-4(2)3/h8H,2-6,10-11H2,1H3,(H,12,14);4H,1-3H3/t8-;/m0./s1. The van der Waals surface area contributed by atoms with E-state index in [1.807, 2.05) is 0 Å². The Balaban J connectivity index is 0. The topological polar surface area (TPSA) is 98.2 Å². The molecule has 0 fully saturated rings. The van der Waals surface area contributed by atoms with Crippen LogP contribution in [0, 0.1) is 5.92 Å². The van der Waals surface area contributed by atoms with Gasteiger partial charge in [-0.1, -0.05) is 27.2 Å². The van der Waals surface area contributed by atoms with Gasteiger partial charge in [-0.3, -0.25) is 9.59 Å². The molecule has 0 aromatic rings. The number of carbonyl (C=O) groups is 2. The van der Waals surface area contributed by atoms with E-state index in [-0.39, 0.29) is 18.2 Å². The average Bonchev–Trinajstić information content (AvgIpc) is 2.25. The molecule has 5 N–H and O–H groups in total. The number of Topliss-reactive ketones (excluding diaryl/α,β-unsaturated/α-hetero) is 1. The van der Waals surface area contributed by atoms with Crippen LogP contribution in [0.25, 0.3) is 0 Å². The molecule has 1 amide bonds. The molecule has 0 aromatic carbocycles. The molecule has 0 aliphatic rings. The minimum atomic E-state index is -0.527. The summed E-state index contributed by atoms with van der Waals surface area (Å²) in [6, 6.07) is -0.527. The van der Waals surface area contributed by atoms with E-state index in [4.69, 9.17) is 11.5 Å². The minimum absolute atomic E-state index is 0.0590. The molecule has 0 aliphatic carbocycles. The van der Waals surface area contributed by atoms with Crippen molar-refractivity contribution < 1.29 is 9.59 Å². The summed E-state index contributed by atoms with van der Waals surface area (Å²) >= 11 is 0. The first-order chi connectivity index (χ1) is 8.31. The number of unbranched alkanes of at least 4 members (excludes halogenated alkanes) is 1. The summed E-state index contributed by atoms with van der Waals surface area (Å²) in [6.07, 6.45) is 2.32. The quantitative estimate of drug-likeness (QED) is 0.589. The van der Waals surface area contributed by atoms with E-state index in [9.17, 15) is 9.59 Å². The fourth-order valence-electron chi connectivity index (χ4n) is 0.982. The summed E-state index contributed by atoms with van der Waals surface area (Å²) in [4.78, 5) is 21.8. The molecule has 0 radical (unpaired) electrons. The molecule has 0 bridgehead atoms. The van der Waals surface area contributed by atoms with Gasteiger partial charge in [0.05, 0.1) is 12.6 Å². The zero-order valence-corrected chi connectivity index (χ0v) is 12.2. The van der Waals surface area contributed by atoms with Gasteiger partial charge in [-0.2, -0.15) is 0 Å². The molecule has 18 heavy (non-hydrogen) atoms. The van der Waals surface area contributed by atoms with Gasteiger partial charge in [0.15, 0.2) is 0 Å². The molecule has 108 valence electrons. The van der Waals surface area contributed by atoms with Gasteiger partial charge >= 0.3 is 0 Å². The monoisotopic (exact) mass is 259 g/mol. The molecule has 5 nitrogen and oxygen atoms in total. The maximum atomic E-state index is 11.2. The highest BCUT2D eigenvalue weighted by molar-refractivity contribution is 5.87. The van der Waals surface area contributed by atoms with Gasteiger partial charge in [0.1, 0.15) is 5.78 Å². The molecule has 0 saturated carbocycles. The normalized spacial score (nSPS) is 11.5. The largest absolute Gasteiger partial charge is 0.348 e. The third-order valence-corrected chi connectivity index (χ3v) is 1.82. The van der Waals surface area contributed by atoms with Crippen LogP contribution in [0.5, 0.6) is 0 Å². The highest BCUT2D eigenvalue weighted by Gasteiger charge is 2.12. The van der Waals surface area contributed by atoms with E-state index >= 15 is 0 Å². The molecular formula is C13H29N3O2. The minimum Gasteiger partial charge on any atom is -0.348 e. The summed E-state index contributed by atoms with van der Waals surface area (Å²) in [6.45, 7) is 8.59. The number of nitrogens with two attached hydrogens (primary N) is 2. The molecule has 1 atom stereocenters. The predicted molar refractivity (Wildman–Crippen MR) is 75.1 cm³/mol. The number of ketones is 1. The first-order valence-corrected chi connectivity index (χ1v) is 6.54. The van der Waals surface area contributed by atoms with E-state index in [1.54, 1.807) is 0 Å². The highest BCUT2D eigenvalue weighted by atomic mass is 16.2. The van der Waals surface area contributed by atoms with Crippen molar-refractivity contribution in [2.24, 2.45) is 17.4 Å². The average molecular weight is 259 g/mol. The van der Waals surface area contributed by atoms with Crippen LogP contribution >= 0.6 is 0 Å². The lowest BCUT2D eigenvalue weighted by molar-refractivity contribution is -0.125. The first kappa shape index (κ1) is 19.4. The van der Waals surface area contributed by atoms with Crippen LogP contribution in [0.2, 0.25) is 0 Å². The molecule has 0 saturated heterocycles. The Labute approximate surface area is 111 Å². The summed E-state index contributed by atoms with van der Waals surface area (Å²) < 4.78 is 0. The number of nitrogens with one attached hydrogen (secondary N) is 1. The van der Waals surface area contributed by atoms with E-state index in [0.717, 1.165) is 18.8 Å². The molecule has 0 aromatic heterocycles. The van der Waals surface area contributed by atoms with Gasteiger partial charge in [-0.25, -0.2) is 0 Å². The van der Waals surface area contributed by atoms with E-state index in [1.165, 1.54) is 6.92 Å². The Kier molecular flexibility index (Phi) is 13.5. The summed E-state index contributed by atoms with van der Waals surface area (Å²) in [5.41, 5.74) is 10.9. The maximum absolute atomic E-state index is 11.2. The second-order valence-corrected chi connectivity index (χ2v) is 5.04. The molecular weight excluding hydrogens is 230 g/mol. The number of hydrogen-bond acceptors (Lipinski definition) is 4. The third kappa shape index (κ3) is 17.5. The maximum Gasteiger partial charge on any atom is 0.237 e. The lowest BCUT2D eigenvalue weighted by atomic mass is 10.1. The van der Waals surface area contributed by atoms with Gasteiger partial charge in [0.25, 0.3) is 0 Å². The number of rotatable bonds is 7. The van der Waals surface area contributed by atoms with Gasteiger partial charge in [0.2, 0.25) is 5.91 Å². The molecule has 0 unspecified atom stereocenters. The van der Waals surface area contributed by atoms with Crippen LogP contribution < -0.4 is 16.8 Å². The summed E-state index contributed by atoms with van der Waals surface area (Å²) in [5.74, 6) is 0.490. The van der Waals surface area contributed by atoms with Crippen LogP contribution in [0.4, 0.5) is 0 Å². The van der Waals surface area contributed by atoms with Gasteiger partial charge in [-0.15, -0.1) is 0 Å². The second-order valence-electron chi connectivity index (χ2n) is 5.04. The molecule has 0 spiro atoms. The molecule has 5 heteroatoms. The Hall–Kier alpha value is -0.940. The van der Waals surface area contributed by atoms with Gasteiger partial charge in [0, 0.05) is 0 Å². The van der Waals surface area contributed by atoms with Crippen LogP contribution in [0.15, 0.2) is 0 Å². The Morgan fingerprint density at radius 3 is 2.06 bits per heavy atom. The molecule has 0 aliphatic heterocycles. The van der Waals surface area contributed by atoms with E-state index < -0.39 is 6.04 Å². The summed E-state index contributed by atoms with van der Waals surface area (Å²) in [7, 11) is 0. The second kappa shape index (κ2) is 12.5. The van der Waals surface area contributed by atoms with Crippen LogP contribution in [0.1, 0.15) is 47.0 Å². The van der Waals surface area contributed by atoms with Crippen molar-refractivity contribution in [2.45, 2.75) is 53.0 Å². The van der Waals surface area contributed by atoms with Crippen molar-refractivity contribution >= 4 is 11.7 Å². The summed E-state index contributed by atoms with van der Waals surface area (Å²) in [5, 5.41) is 2.46. The zero-order valence-electron chi connectivity index (χ0n) is 12.2. The van der Waals surface area contributed by atoms with Crippen LogP contribution in [-0.4, -0.2) is 30.8 Å². The number of amides is 1. The SMILES string of the molecule is CC(=O)CNC(=O)[C@@H](N)CCCCN.CC(C)C.